The van der Waals surface area contributed by atoms with Gasteiger partial charge in [0.05, 0.1) is 25.9 Å². The zero-order valence-electron chi connectivity index (χ0n) is 14.6. The summed E-state index contributed by atoms with van der Waals surface area (Å²) in [7, 11) is 1.53. The average Bonchev–Trinajstić information content (AvgIpc) is 2.72. The van der Waals surface area contributed by atoms with Crippen molar-refractivity contribution < 1.29 is 14.3 Å². The lowest BCUT2D eigenvalue weighted by Crippen LogP contribution is -2.36. The van der Waals surface area contributed by atoms with Crippen molar-refractivity contribution in [1.29, 1.82) is 0 Å². The molecule has 2 aromatic rings. The maximum absolute atomic E-state index is 12.1. The number of hydrogen-bond donors (Lipinski definition) is 2. The van der Waals surface area contributed by atoms with E-state index < -0.39 is 0 Å². The van der Waals surface area contributed by atoms with Crippen LogP contribution in [0, 0.1) is 0 Å². The van der Waals surface area contributed by atoms with Gasteiger partial charge in [0.1, 0.15) is 18.0 Å². The Bertz CT molecular complexity index is 719. The van der Waals surface area contributed by atoms with Crippen molar-refractivity contribution in [3.8, 4) is 5.88 Å². The summed E-state index contributed by atoms with van der Waals surface area (Å²) in [6, 6.07) is 5.23. The van der Waals surface area contributed by atoms with Crippen LogP contribution in [0.5, 0.6) is 5.88 Å². The number of ether oxygens (including phenoxy) is 2. The van der Waals surface area contributed by atoms with E-state index in [0.717, 1.165) is 24.7 Å². The number of methoxy groups -OCH3 is 1. The Balaban J connectivity index is 1.45. The van der Waals surface area contributed by atoms with Crippen LogP contribution >= 0.6 is 0 Å². The molecular formula is C17H22N6O3. The quantitative estimate of drug-likeness (QED) is 0.693. The molecule has 26 heavy (non-hydrogen) atoms. The van der Waals surface area contributed by atoms with Crippen molar-refractivity contribution in [1.82, 2.24) is 20.3 Å². The molecule has 0 atom stereocenters. The first kappa shape index (κ1) is 17.9. The highest BCUT2D eigenvalue weighted by Gasteiger charge is 2.13. The van der Waals surface area contributed by atoms with Gasteiger partial charge in [-0.05, 0) is 6.07 Å². The monoisotopic (exact) mass is 358 g/mol. The molecule has 1 saturated heterocycles. The molecule has 0 radical (unpaired) electrons. The number of rotatable bonds is 7. The number of pyridine rings is 1. The fourth-order valence-corrected chi connectivity index (χ4v) is 2.51. The highest BCUT2D eigenvalue weighted by Crippen LogP contribution is 2.15. The minimum atomic E-state index is -0.182. The molecule has 2 aromatic heterocycles. The van der Waals surface area contributed by atoms with Crippen LogP contribution in [0.4, 0.5) is 11.6 Å². The molecule has 138 valence electrons. The van der Waals surface area contributed by atoms with Crippen LogP contribution < -0.4 is 20.3 Å². The molecule has 0 aromatic carbocycles. The van der Waals surface area contributed by atoms with Crippen molar-refractivity contribution in [2.24, 2.45) is 0 Å². The first-order valence-corrected chi connectivity index (χ1v) is 8.43. The zero-order chi connectivity index (χ0) is 18.2. The number of nitrogens with zero attached hydrogens (tertiary/aromatic N) is 4. The van der Waals surface area contributed by atoms with Gasteiger partial charge in [-0.15, -0.1) is 0 Å². The van der Waals surface area contributed by atoms with Gasteiger partial charge in [0, 0.05) is 44.5 Å². The van der Waals surface area contributed by atoms with Crippen LogP contribution in [0.15, 0.2) is 30.7 Å². The van der Waals surface area contributed by atoms with E-state index in [-0.39, 0.29) is 5.91 Å². The van der Waals surface area contributed by atoms with E-state index in [1.165, 1.54) is 19.6 Å². The molecule has 3 rings (SSSR count). The molecule has 0 saturated carbocycles. The predicted octanol–water partition coefficient (Wildman–Crippen LogP) is 0.559. The molecule has 0 unspecified atom stereocenters. The number of amides is 1. The molecule has 0 aliphatic carbocycles. The van der Waals surface area contributed by atoms with Gasteiger partial charge in [-0.3, -0.25) is 4.79 Å². The van der Waals surface area contributed by atoms with Gasteiger partial charge in [-0.25, -0.2) is 15.0 Å². The molecule has 1 aliphatic rings. The number of hydrogen-bond acceptors (Lipinski definition) is 8. The molecule has 0 spiro atoms. The van der Waals surface area contributed by atoms with Crippen molar-refractivity contribution in [3.05, 3.63) is 36.3 Å². The minimum Gasteiger partial charge on any atom is -0.481 e. The summed E-state index contributed by atoms with van der Waals surface area (Å²) in [5.41, 5.74) is 0.488. The van der Waals surface area contributed by atoms with Gasteiger partial charge < -0.3 is 25.0 Å². The summed E-state index contributed by atoms with van der Waals surface area (Å²) in [5, 5.41) is 6.02. The highest BCUT2D eigenvalue weighted by atomic mass is 16.5. The minimum absolute atomic E-state index is 0.182. The number of aromatic nitrogens is 3. The summed E-state index contributed by atoms with van der Waals surface area (Å²) < 4.78 is 10.3. The predicted molar refractivity (Wildman–Crippen MR) is 96.7 cm³/mol. The SMILES string of the molecule is COc1ccc(C(=O)NCCNc2cc(N3CCOCC3)ncn2)cn1. The van der Waals surface area contributed by atoms with E-state index in [0.29, 0.717) is 37.7 Å². The lowest BCUT2D eigenvalue weighted by atomic mass is 10.2. The summed E-state index contributed by atoms with van der Waals surface area (Å²) in [6.07, 6.45) is 3.02. The van der Waals surface area contributed by atoms with E-state index in [1.54, 1.807) is 12.1 Å². The lowest BCUT2D eigenvalue weighted by Gasteiger charge is -2.27. The Hall–Kier alpha value is -2.94. The number of carbonyl (C=O) groups excluding carboxylic acids is 1. The Kier molecular flexibility index (Phi) is 6.15. The van der Waals surface area contributed by atoms with Crippen LogP contribution in [-0.4, -0.2) is 67.4 Å². The maximum Gasteiger partial charge on any atom is 0.252 e. The Labute approximate surface area is 151 Å². The molecule has 9 nitrogen and oxygen atoms in total. The summed E-state index contributed by atoms with van der Waals surface area (Å²) in [6.45, 7) is 4.07. The van der Waals surface area contributed by atoms with Crippen LogP contribution in [0.1, 0.15) is 10.4 Å². The molecule has 3 heterocycles. The van der Waals surface area contributed by atoms with Gasteiger partial charge >= 0.3 is 0 Å². The number of anilines is 2. The number of carbonyl (C=O) groups is 1. The van der Waals surface area contributed by atoms with Crippen LogP contribution in [-0.2, 0) is 4.74 Å². The fourth-order valence-electron chi connectivity index (χ4n) is 2.51. The second-order valence-electron chi connectivity index (χ2n) is 5.63. The molecule has 2 N–H and O–H groups in total. The molecule has 1 aliphatic heterocycles. The molecule has 9 heteroatoms. The second-order valence-corrected chi connectivity index (χ2v) is 5.63. The Morgan fingerprint density at radius 3 is 2.81 bits per heavy atom. The lowest BCUT2D eigenvalue weighted by molar-refractivity contribution is 0.0954. The van der Waals surface area contributed by atoms with E-state index in [1.807, 2.05) is 6.07 Å². The number of morpholine rings is 1. The van der Waals surface area contributed by atoms with Crippen molar-refractivity contribution in [3.63, 3.8) is 0 Å². The summed E-state index contributed by atoms with van der Waals surface area (Å²) >= 11 is 0. The first-order chi connectivity index (χ1) is 12.8. The molecule has 1 amide bonds. The van der Waals surface area contributed by atoms with Crippen LogP contribution in [0.2, 0.25) is 0 Å². The van der Waals surface area contributed by atoms with E-state index >= 15 is 0 Å². The molecular weight excluding hydrogens is 336 g/mol. The third-order valence-corrected chi connectivity index (χ3v) is 3.91. The smallest absolute Gasteiger partial charge is 0.252 e. The van der Waals surface area contributed by atoms with Gasteiger partial charge in [0.25, 0.3) is 5.91 Å². The highest BCUT2D eigenvalue weighted by molar-refractivity contribution is 5.93. The van der Waals surface area contributed by atoms with Crippen molar-refractivity contribution in [2.45, 2.75) is 0 Å². The standard InChI is InChI=1S/C17H22N6O3/c1-25-16-3-2-13(11-20-16)17(24)19-5-4-18-14-10-15(22-12-21-14)23-6-8-26-9-7-23/h2-3,10-12H,4-9H2,1H3,(H,19,24)(H,18,21,22). The van der Waals surface area contributed by atoms with E-state index in [2.05, 4.69) is 30.5 Å². The van der Waals surface area contributed by atoms with Crippen LogP contribution in [0.25, 0.3) is 0 Å². The first-order valence-electron chi connectivity index (χ1n) is 8.43. The third-order valence-electron chi connectivity index (χ3n) is 3.91. The molecule has 0 bridgehead atoms. The van der Waals surface area contributed by atoms with E-state index in [9.17, 15) is 4.79 Å². The van der Waals surface area contributed by atoms with Crippen molar-refractivity contribution >= 4 is 17.5 Å². The van der Waals surface area contributed by atoms with Crippen LogP contribution in [0.3, 0.4) is 0 Å². The van der Waals surface area contributed by atoms with Gasteiger partial charge in [0.15, 0.2) is 0 Å². The van der Waals surface area contributed by atoms with Crippen molar-refractivity contribution in [2.75, 3.05) is 56.7 Å². The summed E-state index contributed by atoms with van der Waals surface area (Å²) in [5.74, 6) is 1.89. The normalized spacial score (nSPS) is 14.0. The Morgan fingerprint density at radius 2 is 2.08 bits per heavy atom. The van der Waals surface area contributed by atoms with Gasteiger partial charge in [-0.2, -0.15) is 0 Å². The Morgan fingerprint density at radius 1 is 1.23 bits per heavy atom. The van der Waals surface area contributed by atoms with Gasteiger partial charge in [-0.1, -0.05) is 0 Å². The second kappa shape index (κ2) is 8.95. The molecule has 1 fully saturated rings. The topological polar surface area (TPSA) is 102 Å². The maximum atomic E-state index is 12.1. The zero-order valence-corrected chi connectivity index (χ0v) is 14.6. The third kappa shape index (κ3) is 4.79. The fraction of sp³-hybridized carbons (Fsp3) is 0.412. The average molecular weight is 358 g/mol. The summed E-state index contributed by atoms with van der Waals surface area (Å²) in [4.78, 5) is 26.7. The van der Waals surface area contributed by atoms with E-state index in [4.69, 9.17) is 9.47 Å². The number of nitrogens with one attached hydrogen (secondary N) is 2. The largest absolute Gasteiger partial charge is 0.481 e. The van der Waals surface area contributed by atoms with Gasteiger partial charge in [0.2, 0.25) is 5.88 Å².